The summed E-state index contributed by atoms with van der Waals surface area (Å²) in [5, 5.41) is 3.39. The highest BCUT2D eigenvalue weighted by Gasteiger charge is 2.23. The standard InChI is InChI=1S/C13H18N2/c1-2-12(11-4-5-11)10-13(3-1)15-8-6-14-7-9-15/h1-3,10-11,14H,4-9H2. The van der Waals surface area contributed by atoms with Gasteiger partial charge in [0.15, 0.2) is 0 Å². The van der Waals surface area contributed by atoms with E-state index in [1.54, 1.807) is 5.56 Å². The summed E-state index contributed by atoms with van der Waals surface area (Å²) in [7, 11) is 0. The van der Waals surface area contributed by atoms with Crippen LogP contribution in [0, 0.1) is 0 Å². The molecule has 2 nitrogen and oxygen atoms in total. The second-order valence-electron chi connectivity index (χ2n) is 4.61. The summed E-state index contributed by atoms with van der Waals surface area (Å²) in [6.07, 6.45) is 2.79. The Morgan fingerprint density at radius 1 is 1.13 bits per heavy atom. The zero-order valence-corrected chi connectivity index (χ0v) is 9.08. The minimum atomic E-state index is 0.868. The van der Waals surface area contributed by atoms with Gasteiger partial charge in [-0.2, -0.15) is 0 Å². The summed E-state index contributed by atoms with van der Waals surface area (Å²) < 4.78 is 0. The number of nitrogens with zero attached hydrogens (tertiary/aromatic N) is 1. The number of rotatable bonds is 2. The highest BCUT2D eigenvalue weighted by Crippen LogP contribution is 2.40. The van der Waals surface area contributed by atoms with Crippen LogP contribution in [0.5, 0.6) is 0 Å². The van der Waals surface area contributed by atoms with Crippen LogP contribution in [0.3, 0.4) is 0 Å². The largest absolute Gasteiger partial charge is 0.369 e. The van der Waals surface area contributed by atoms with Crippen molar-refractivity contribution in [3.05, 3.63) is 29.8 Å². The Bertz CT molecular complexity index is 338. The van der Waals surface area contributed by atoms with Crippen molar-refractivity contribution < 1.29 is 0 Å². The lowest BCUT2D eigenvalue weighted by molar-refractivity contribution is 0.589. The van der Waals surface area contributed by atoms with Crippen LogP contribution in [0.25, 0.3) is 0 Å². The van der Waals surface area contributed by atoms with Gasteiger partial charge in [-0.15, -0.1) is 0 Å². The molecule has 0 amide bonds. The quantitative estimate of drug-likeness (QED) is 0.789. The average molecular weight is 202 g/mol. The van der Waals surface area contributed by atoms with E-state index in [2.05, 4.69) is 34.5 Å². The van der Waals surface area contributed by atoms with Gasteiger partial charge in [0.25, 0.3) is 0 Å². The summed E-state index contributed by atoms with van der Waals surface area (Å²) in [6, 6.07) is 9.13. The highest BCUT2D eigenvalue weighted by molar-refractivity contribution is 5.50. The minimum absolute atomic E-state index is 0.868. The first-order valence-electron chi connectivity index (χ1n) is 5.99. The first-order valence-corrected chi connectivity index (χ1v) is 5.99. The number of anilines is 1. The van der Waals surface area contributed by atoms with Gasteiger partial charge in [0, 0.05) is 31.9 Å². The third-order valence-electron chi connectivity index (χ3n) is 3.40. The Balaban J connectivity index is 1.80. The predicted octanol–water partition coefficient (Wildman–Crippen LogP) is 1.97. The smallest absolute Gasteiger partial charge is 0.0369 e. The number of hydrogen-bond donors (Lipinski definition) is 1. The molecule has 0 spiro atoms. The van der Waals surface area contributed by atoms with Crippen LogP contribution in [-0.4, -0.2) is 26.2 Å². The van der Waals surface area contributed by atoms with Crippen molar-refractivity contribution in [1.82, 2.24) is 5.32 Å². The molecule has 1 saturated carbocycles. The lowest BCUT2D eigenvalue weighted by atomic mass is 10.1. The maximum absolute atomic E-state index is 3.39. The topological polar surface area (TPSA) is 15.3 Å². The number of hydrogen-bond acceptors (Lipinski definition) is 2. The third-order valence-corrected chi connectivity index (χ3v) is 3.40. The van der Waals surface area contributed by atoms with Gasteiger partial charge in [-0.05, 0) is 36.5 Å². The van der Waals surface area contributed by atoms with Crippen LogP contribution in [0.15, 0.2) is 24.3 Å². The Morgan fingerprint density at radius 3 is 2.67 bits per heavy atom. The van der Waals surface area contributed by atoms with Crippen LogP contribution in [0.2, 0.25) is 0 Å². The molecule has 1 aromatic rings. The molecule has 1 aliphatic heterocycles. The molecular formula is C13H18N2. The van der Waals surface area contributed by atoms with E-state index in [1.165, 1.54) is 18.5 Å². The monoisotopic (exact) mass is 202 g/mol. The third kappa shape index (κ3) is 2.00. The van der Waals surface area contributed by atoms with Crippen LogP contribution in [0.4, 0.5) is 5.69 Å². The fourth-order valence-corrected chi connectivity index (χ4v) is 2.32. The Labute approximate surface area is 91.3 Å². The molecule has 15 heavy (non-hydrogen) atoms. The molecular weight excluding hydrogens is 184 g/mol. The summed E-state index contributed by atoms with van der Waals surface area (Å²) in [6.45, 7) is 4.53. The van der Waals surface area contributed by atoms with Crippen molar-refractivity contribution in [2.75, 3.05) is 31.1 Å². The SMILES string of the molecule is c1cc(C2CC2)cc(N2CCNCC2)c1. The number of benzene rings is 1. The number of nitrogens with one attached hydrogen (secondary N) is 1. The van der Waals surface area contributed by atoms with Gasteiger partial charge in [-0.3, -0.25) is 0 Å². The molecule has 2 fully saturated rings. The molecule has 0 bridgehead atoms. The van der Waals surface area contributed by atoms with Crippen molar-refractivity contribution in [3.63, 3.8) is 0 Å². The van der Waals surface area contributed by atoms with Crippen LogP contribution in [-0.2, 0) is 0 Å². The Hall–Kier alpha value is -1.02. The molecule has 0 radical (unpaired) electrons. The van der Waals surface area contributed by atoms with Crippen LogP contribution >= 0.6 is 0 Å². The maximum Gasteiger partial charge on any atom is 0.0369 e. The molecule has 1 N–H and O–H groups in total. The van der Waals surface area contributed by atoms with Crippen LogP contribution in [0.1, 0.15) is 24.3 Å². The molecule has 0 aromatic heterocycles. The van der Waals surface area contributed by atoms with Gasteiger partial charge in [0.2, 0.25) is 0 Å². The van der Waals surface area contributed by atoms with Gasteiger partial charge in [-0.25, -0.2) is 0 Å². The Kier molecular flexibility index (Phi) is 2.37. The number of piperazine rings is 1. The van der Waals surface area contributed by atoms with E-state index in [4.69, 9.17) is 0 Å². The van der Waals surface area contributed by atoms with E-state index in [0.717, 1.165) is 32.1 Å². The normalized spacial score (nSPS) is 21.7. The van der Waals surface area contributed by atoms with Gasteiger partial charge in [0.1, 0.15) is 0 Å². The van der Waals surface area contributed by atoms with E-state index in [0.29, 0.717) is 0 Å². The summed E-state index contributed by atoms with van der Waals surface area (Å²) >= 11 is 0. The first kappa shape index (κ1) is 9.22. The van der Waals surface area contributed by atoms with Crippen molar-refractivity contribution in [2.45, 2.75) is 18.8 Å². The fraction of sp³-hybridized carbons (Fsp3) is 0.538. The first-order chi connectivity index (χ1) is 7.43. The van der Waals surface area contributed by atoms with E-state index in [1.807, 2.05) is 0 Å². The molecule has 0 unspecified atom stereocenters. The molecule has 2 heteroatoms. The van der Waals surface area contributed by atoms with Gasteiger partial charge >= 0.3 is 0 Å². The lowest BCUT2D eigenvalue weighted by Gasteiger charge is -2.29. The predicted molar refractivity (Wildman–Crippen MR) is 63.5 cm³/mol. The van der Waals surface area contributed by atoms with Gasteiger partial charge in [-0.1, -0.05) is 12.1 Å². The summed E-state index contributed by atoms with van der Waals surface area (Å²) in [5.74, 6) is 0.868. The van der Waals surface area contributed by atoms with Crippen molar-refractivity contribution in [1.29, 1.82) is 0 Å². The molecule has 1 saturated heterocycles. The second-order valence-corrected chi connectivity index (χ2v) is 4.61. The molecule has 1 aromatic carbocycles. The highest BCUT2D eigenvalue weighted by atomic mass is 15.2. The van der Waals surface area contributed by atoms with E-state index < -0.39 is 0 Å². The average Bonchev–Trinajstić information content (AvgIpc) is 3.14. The van der Waals surface area contributed by atoms with Crippen molar-refractivity contribution >= 4 is 5.69 Å². The molecule has 1 heterocycles. The van der Waals surface area contributed by atoms with E-state index in [9.17, 15) is 0 Å². The minimum Gasteiger partial charge on any atom is -0.369 e. The molecule has 3 rings (SSSR count). The zero-order chi connectivity index (χ0) is 10.1. The molecule has 2 aliphatic rings. The molecule has 1 aliphatic carbocycles. The summed E-state index contributed by atoms with van der Waals surface area (Å²) in [5.41, 5.74) is 2.96. The second kappa shape index (κ2) is 3.86. The van der Waals surface area contributed by atoms with Gasteiger partial charge in [0.05, 0.1) is 0 Å². The molecule has 80 valence electrons. The van der Waals surface area contributed by atoms with E-state index in [-0.39, 0.29) is 0 Å². The van der Waals surface area contributed by atoms with Crippen molar-refractivity contribution in [3.8, 4) is 0 Å². The van der Waals surface area contributed by atoms with Crippen LogP contribution < -0.4 is 10.2 Å². The maximum atomic E-state index is 3.39. The Morgan fingerprint density at radius 2 is 1.93 bits per heavy atom. The lowest BCUT2D eigenvalue weighted by Crippen LogP contribution is -2.43. The zero-order valence-electron chi connectivity index (χ0n) is 9.08. The van der Waals surface area contributed by atoms with Gasteiger partial charge < -0.3 is 10.2 Å². The van der Waals surface area contributed by atoms with Crippen molar-refractivity contribution in [2.24, 2.45) is 0 Å². The van der Waals surface area contributed by atoms with E-state index >= 15 is 0 Å². The molecule has 0 atom stereocenters. The summed E-state index contributed by atoms with van der Waals surface area (Å²) in [4.78, 5) is 2.49. The fourth-order valence-electron chi connectivity index (χ4n) is 2.32.